The Balaban J connectivity index is 1.78. The van der Waals surface area contributed by atoms with Crippen LogP contribution in [0.4, 0.5) is 0 Å². The summed E-state index contributed by atoms with van der Waals surface area (Å²) in [7, 11) is 0. The molecule has 0 saturated heterocycles. The van der Waals surface area contributed by atoms with Gasteiger partial charge in [-0.3, -0.25) is 4.79 Å². The van der Waals surface area contributed by atoms with Gasteiger partial charge in [0.15, 0.2) is 0 Å². The van der Waals surface area contributed by atoms with Crippen molar-refractivity contribution in [1.82, 2.24) is 5.32 Å². The Kier molecular flexibility index (Phi) is 4.14. The molecule has 2 saturated carbocycles. The van der Waals surface area contributed by atoms with E-state index in [1.54, 1.807) is 0 Å². The highest BCUT2D eigenvalue weighted by atomic mass is 32.2. The lowest BCUT2D eigenvalue weighted by Gasteiger charge is -2.19. The summed E-state index contributed by atoms with van der Waals surface area (Å²) in [5, 5.41) is 13.2. The number of thioether (sulfide) groups is 1. The van der Waals surface area contributed by atoms with Gasteiger partial charge in [-0.15, -0.1) is 0 Å². The van der Waals surface area contributed by atoms with Crippen molar-refractivity contribution < 1.29 is 9.90 Å². The lowest BCUT2D eigenvalue weighted by Crippen LogP contribution is -2.43. The van der Waals surface area contributed by atoms with Crippen molar-refractivity contribution in [3.63, 3.8) is 0 Å². The number of carboxylic acids is 1. The Hall–Kier alpha value is -0.220. The van der Waals surface area contributed by atoms with Crippen molar-refractivity contribution in [2.45, 2.75) is 56.4 Å². The zero-order valence-electron chi connectivity index (χ0n) is 9.82. The van der Waals surface area contributed by atoms with Crippen LogP contribution in [0.1, 0.15) is 39.0 Å². The van der Waals surface area contributed by atoms with Gasteiger partial charge in [0.05, 0.1) is 0 Å². The smallest absolute Gasteiger partial charge is 0.320 e. The summed E-state index contributed by atoms with van der Waals surface area (Å²) < 4.78 is 0. The fourth-order valence-corrected chi connectivity index (χ4v) is 3.71. The molecule has 0 aromatic carbocycles. The molecule has 0 aromatic rings. The molecule has 0 heterocycles. The van der Waals surface area contributed by atoms with Crippen LogP contribution in [-0.2, 0) is 4.79 Å². The van der Waals surface area contributed by atoms with Crippen LogP contribution in [-0.4, -0.2) is 34.2 Å². The lowest BCUT2D eigenvalue weighted by molar-refractivity contribution is -0.140. The molecule has 92 valence electrons. The minimum absolute atomic E-state index is 0.282. The van der Waals surface area contributed by atoms with Gasteiger partial charge < -0.3 is 10.4 Å². The maximum absolute atomic E-state index is 11.1. The Morgan fingerprint density at radius 1 is 1.44 bits per heavy atom. The maximum Gasteiger partial charge on any atom is 0.320 e. The van der Waals surface area contributed by atoms with Crippen LogP contribution in [0, 0.1) is 5.92 Å². The summed E-state index contributed by atoms with van der Waals surface area (Å²) in [5.74, 6) is 0.909. The molecule has 0 bridgehead atoms. The van der Waals surface area contributed by atoms with Crippen LogP contribution in [0.5, 0.6) is 0 Å². The fraction of sp³-hybridized carbons (Fsp3) is 0.917. The monoisotopic (exact) mass is 243 g/mol. The fourth-order valence-electron chi connectivity index (χ4n) is 2.57. The first-order valence-electron chi connectivity index (χ1n) is 6.31. The van der Waals surface area contributed by atoms with Crippen LogP contribution in [0.15, 0.2) is 0 Å². The Bertz CT molecular complexity index is 255. The van der Waals surface area contributed by atoms with Crippen LogP contribution < -0.4 is 5.32 Å². The van der Waals surface area contributed by atoms with Crippen molar-refractivity contribution in [3.8, 4) is 0 Å². The first-order valence-corrected chi connectivity index (χ1v) is 7.36. The summed E-state index contributed by atoms with van der Waals surface area (Å²) in [6, 6.07) is 0.154. The zero-order chi connectivity index (χ0) is 11.5. The molecule has 2 aliphatic carbocycles. The van der Waals surface area contributed by atoms with Crippen LogP contribution in [0.2, 0.25) is 0 Å². The van der Waals surface area contributed by atoms with E-state index < -0.39 is 5.97 Å². The number of hydrogen-bond acceptors (Lipinski definition) is 3. The Morgan fingerprint density at radius 3 is 2.75 bits per heavy atom. The molecule has 2 aliphatic rings. The Morgan fingerprint density at radius 2 is 2.19 bits per heavy atom. The van der Waals surface area contributed by atoms with Gasteiger partial charge in [-0.2, -0.15) is 11.8 Å². The molecule has 2 N–H and O–H groups in total. The summed E-state index contributed by atoms with van der Waals surface area (Å²) >= 11 is 2.01. The van der Waals surface area contributed by atoms with E-state index in [1.165, 1.54) is 12.2 Å². The lowest BCUT2D eigenvalue weighted by atomic mass is 10.1. The average Bonchev–Trinajstić information content (AvgIpc) is 2.97. The molecule has 3 atom stereocenters. The van der Waals surface area contributed by atoms with Crippen molar-refractivity contribution in [3.05, 3.63) is 0 Å². The topological polar surface area (TPSA) is 49.3 Å². The summed E-state index contributed by atoms with van der Waals surface area (Å²) in [5.41, 5.74) is 0. The number of aliphatic carboxylic acids is 1. The van der Waals surface area contributed by atoms with E-state index in [1.807, 2.05) is 11.8 Å². The van der Waals surface area contributed by atoms with Gasteiger partial charge in [-0.25, -0.2) is 0 Å². The molecule has 0 aliphatic heterocycles. The second kappa shape index (κ2) is 5.41. The SMILES string of the molecule is CCSC1CCC(NC(C(=O)O)C2CC2)C1. The van der Waals surface area contributed by atoms with E-state index in [9.17, 15) is 4.79 Å². The minimum atomic E-state index is -0.658. The minimum Gasteiger partial charge on any atom is -0.480 e. The molecule has 4 heteroatoms. The average molecular weight is 243 g/mol. The number of nitrogens with one attached hydrogen (secondary N) is 1. The van der Waals surface area contributed by atoms with Crippen molar-refractivity contribution in [2.24, 2.45) is 5.92 Å². The molecule has 2 rings (SSSR count). The highest BCUT2D eigenvalue weighted by Gasteiger charge is 2.38. The summed E-state index contributed by atoms with van der Waals surface area (Å²) in [4.78, 5) is 11.1. The largest absolute Gasteiger partial charge is 0.480 e. The first kappa shape index (κ1) is 12.2. The molecule has 2 fully saturated rings. The maximum atomic E-state index is 11.1. The number of hydrogen-bond donors (Lipinski definition) is 2. The molecular formula is C12H21NO2S. The van der Waals surface area contributed by atoms with E-state index in [-0.39, 0.29) is 6.04 Å². The number of carbonyl (C=O) groups is 1. The molecule has 3 nitrogen and oxygen atoms in total. The van der Waals surface area contributed by atoms with Gasteiger partial charge in [0, 0.05) is 11.3 Å². The summed E-state index contributed by atoms with van der Waals surface area (Å²) in [6.45, 7) is 2.19. The first-order chi connectivity index (χ1) is 7.70. The number of carboxylic acid groups (broad SMARTS) is 1. The third kappa shape index (κ3) is 3.14. The predicted molar refractivity (Wildman–Crippen MR) is 66.8 cm³/mol. The predicted octanol–water partition coefficient (Wildman–Crippen LogP) is 2.11. The Labute approximate surface area is 101 Å². The quantitative estimate of drug-likeness (QED) is 0.750. The van der Waals surface area contributed by atoms with Gasteiger partial charge in [0.25, 0.3) is 0 Å². The van der Waals surface area contributed by atoms with Gasteiger partial charge in [0.2, 0.25) is 0 Å². The highest BCUT2D eigenvalue weighted by Crippen LogP contribution is 2.35. The second-order valence-electron chi connectivity index (χ2n) is 4.91. The van der Waals surface area contributed by atoms with E-state index in [2.05, 4.69) is 12.2 Å². The van der Waals surface area contributed by atoms with Gasteiger partial charge in [0.1, 0.15) is 6.04 Å². The molecule has 0 spiro atoms. The standard InChI is InChI=1S/C12H21NO2S/c1-2-16-10-6-5-9(7-10)13-11(12(14)15)8-3-4-8/h8-11,13H,2-7H2,1H3,(H,14,15). The van der Waals surface area contributed by atoms with Gasteiger partial charge in [-0.1, -0.05) is 6.92 Å². The van der Waals surface area contributed by atoms with Crippen molar-refractivity contribution in [1.29, 1.82) is 0 Å². The molecule has 0 radical (unpaired) electrons. The normalized spacial score (nSPS) is 31.6. The zero-order valence-corrected chi connectivity index (χ0v) is 10.6. The molecule has 16 heavy (non-hydrogen) atoms. The molecule has 0 aromatic heterocycles. The van der Waals surface area contributed by atoms with E-state index >= 15 is 0 Å². The van der Waals surface area contributed by atoms with Crippen LogP contribution in [0.25, 0.3) is 0 Å². The van der Waals surface area contributed by atoms with E-state index in [0.717, 1.165) is 30.9 Å². The van der Waals surface area contributed by atoms with E-state index in [4.69, 9.17) is 5.11 Å². The summed E-state index contributed by atoms with van der Waals surface area (Å²) in [6.07, 6.45) is 5.71. The van der Waals surface area contributed by atoms with Crippen LogP contribution >= 0.6 is 11.8 Å². The second-order valence-corrected chi connectivity index (χ2v) is 6.48. The van der Waals surface area contributed by atoms with Gasteiger partial charge in [-0.05, 0) is 43.8 Å². The van der Waals surface area contributed by atoms with Crippen molar-refractivity contribution in [2.75, 3.05) is 5.75 Å². The molecular weight excluding hydrogens is 222 g/mol. The highest BCUT2D eigenvalue weighted by molar-refractivity contribution is 7.99. The van der Waals surface area contributed by atoms with Gasteiger partial charge >= 0.3 is 5.97 Å². The molecule has 0 amide bonds. The number of rotatable bonds is 6. The molecule has 3 unspecified atom stereocenters. The van der Waals surface area contributed by atoms with Crippen LogP contribution in [0.3, 0.4) is 0 Å². The van der Waals surface area contributed by atoms with E-state index in [0.29, 0.717) is 12.0 Å². The third-order valence-electron chi connectivity index (χ3n) is 3.56. The van der Waals surface area contributed by atoms with Crippen molar-refractivity contribution >= 4 is 17.7 Å². The third-order valence-corrected chi connectivity index (χ3v) is 4.79.